The number of aryl methyl sites for hydroxylation is 1. The van der Waals surface area contributed by atoms with Crippen LogP contribution < -0.4 is 0 Å². The fourth-order valence-electron chi connectivity index (χ4n) is 3.52. The molecule has 7 nitrogen and oxygen atoms in total. The van der Waals surface area contributed by atoms with Gasteiger partial charge in [0.25, 0.3) is 5.91 Å². The zero-order chi connectivity index (χ0) is 18.8. The second-order valence-corrected chi connectivity index (χ2v) is 6.91. The summed E-state index contributed by atoms with van der Waals surface area (Å²) in [5.74, 6) is 1.14. The number of nitrogens with zero attached hydrogens (tertiary/aromatic N) is 6. The van der Waals surface area contributed by atoms with E-state index in [1.165, 1.54) is 0 Å². The molecule has 0 N–H and O–H groups in total. The van der Waals surface area contributed by atoms with E-state index in [1.54, 1.807) is 24.7 Å². The minimum absolute atomic E-state index is 0.0270. The number of hydrogen-bond acceptors (Lipinski definition) is 5. The zero-order valence-corrected chi connectivity index (χ0v) is 15.5. The Morgan fingerprint density at radius 1 is 1.19 bits per heavy atom. The predicted molar refractivity (Wildman–Crippen MR) is 101 cm³/mol. The van der Waals surface area contributed by atoms with Gasteiger partial charge in [0, 0.05) is 44.6 Å². The first-order valence-electron chi connectivity index (χ1n) is 9.13. The van der Waals surface area contributed by atoms with Crippen molar-refractivity contribution in [2.24, 2.45) is 7.05 Å². The molecule has 0 saturated carbocycles. The smallest absolute Gasteiger partial charge is 0.255 e. The van der Waals surface area contributed by atoms with E-state index >= 15 is 0 Å². The molecule has 1 amide bonds. The third-order valence-corrected chi connectivity index (χ3v) is 5.17. The first kappa shape index (κ1) is 17.3. The standard InChI is InChI=1S/C20H22N6O/c1-14-23-12-19(25(14)2)18-11-22-10-17(24-18)16-6-4-8-26(13-16)20(27)15-5-3-7-21-9-15/h3,5,7,9-12,16H,4,6,8,13H2,1-2H3/t16-/m0/s1. The molecule has 0 radical (unpaired) electrons. The van der Waals surface area contributed by atoms with Crippen LogP contribution in [-0.2, 0) is 7.05 Å². The lowest BCUT2D eigenvalue weighted by atomic mass is 9.94. The van der Waals surface area contributed by atoms with Crippen molar-refractivity contribution in [2.75, 3.05) is 13.1 Å². The molecule has 1 saturated heterocycles. The van der Waals surface area contributed by atoms with Gasteiger partial charge in [-0.05, 0) is 31.9 Å². The number of pyridine rings is 1. The highest BCUT2D eigenvalue weighted by molar-refractivity contribution is 5.94. The molecule has 0 spiro atoms. The van der Waals surface area contributed by atoms with E-state index in [9.17, 15) is 4.79 Å². The maximum atomic E-state index is 12.8. The number of carbonyl (C=O) groups is 1. The maximum Gasteiger partial charge on any atom is 0.255 e. The number of aromatic nitrogens is 5. The molecule has 1 fully saturated rings. The van der Waals surface area contributed by atoms with E-state index in [2.05, 4.69) is 15.0 Å². The van der Waals surface area contributed by atoms with Gasteiger partial charge in [-0.2, -0.15) is 0 Å². The SMILES string of the molecule is Cc1ncc(-c2cncc([C@H]3CCCN(C(=O)c4cccnc4)C3)n2)n1C. The molecule has 0 unspecified atom stereocenters. The van der Waals surface area contributed by atoms with Crippen molar-refractivity contribution in [1.29, 1.82) is 0 Å². The average molecular weight is 362 g/mol. The van der Waals surface area contributed by atoms with Crippen molar-refractivity contribution in [3.05, 3.63) is 60.2 Å². The summed E-state index contributed by atoms with van der Waals surface area (Å²) < 4.78 is 2.01. The first-order valence-corrected chi connectivity index (χ1v) is 9.13. The van der Waals surface area contributed by atoms with Crippen LogP contribution >= 0.6 is 0 Å². The zero-order valence-electron chi connectivity index (χ0n) is 15.5. The predicted octanol–water partition coefficient (Wildman–Crippen LogP) is 2.60. The number of likely N-dealkylation sites (tertiary alicyclic amines) is 1. The van der Waals surface area contributed by atoms with Crippen molar-refractivity contribution in [2.45, 2.75) is 25.7 Å². The number of carbonyl (C=O) groups excluding carboxylic acids is 1. The average Bonchev–Trinajstić information content (AvgIpc) is 3.07. The Hall–Kier alpha value is -3.09. The fraction of sp³-hybridized carbons (Fsp3) is 0.350. The lowest BCUT2D eigenvalue weighted by molar-refractivity contribution is 0.0705. The van der Waals surface area contributed by atoms with Gasteiger partial charge < -0.3 is 9.47 Å². The molecular formula is C20H22N6O. The van der Waals surface area contributed by atoms with E-state index in [4.69, 9.17) is 4.98 Å². The molecule has 138 valence electrons. The van der Waals surface area contributed by atoms with Gasteiger partial charge in [-0.3, -0.25) is 14.8 Å². The summed E-state index contributed by atoms with van der Waals surface area (Å²) in [6, 6.07) is 3.60. The summed E-state index contributed by atoms with van der Waals surface area (Å²) in [5, 5.41) is 0. The van der Waals surface area contributed by atoms with Crippen LogP contribution in [0.2, 0.25) is 0 Å². The van der Waals surface area contributed by atoms with Crippen molar-refractivity contribution in [3.63, 3.8) is 0 Å². The highest BCUT2D eigenvalue weighted by Crippen LogP contribution is 2.27. The summed E-state index contributed by atoms with van der Waals surface area (Å²) in [6.45, 7) is 3.37. The molecule has 4 heterocycles. The Kier molecular flexibility index (Phi) is 4.66. The largest absolute Gasteiger partial charge is 0.338 e. The molecule has 3 aromatic heterocycles. The van der Waals surface area contributed by atoms with Gasteiger partial charge in [0.1, 0.15) is 11.5 Å². The van der Waals surface area contributed by atoms with Gasteiger partial charge in [0.15, 0.2) is 0 Å². The second kappa shape index (κ2) is 7.26. The molecular weight excluding hydrogens is 340 g/mol. The van der Waals surface area contributed by atoms with Gasteiger partial charge in [0.05, 0.1) is 29.3 Å². The van der Waals surface area contributed by atoms with Gasteiger partial charge in [0.2, 0.25) is 0 Å². The fourth-order valence-corrected chi connectivity index (χ4v) is 3.52. The highest BCUT2D eigenvalue weighted by atomic mass is 16.2. The van der Waals surface area contributed by atoms with Crippen LogP contribution in [0.4, 0.5) is 0 Å². The van der Waals surface area contributed by atoms with Crippen LogP contribution in [-0.4, -0.2) is 48.4 Å². The third kappa shape index (κ3) is 3.45. The summed E-state index contributed by atoms with van der Waals surface area (Å²) in [7, 11) is 1.97. The van der Waals surface area contributed by atoms with Gasteiger partial charge >= 0.3 is 0 Å². The molecule has 27 heavy (non-hydrogen) atoms. The Morgan fingerprint density at radius 2 is 2.07 bits per heavy atom. The van der Waals surface area contributed by atoms with Crippen molar-refractivity contribution >= 4 is 5.91 Å². The maximum absolute atomic E-state index is 12.8. The Labute approximate surface area is 158 Å². The number of piperidine rings is 1. The van der Waals surface area contributed by atoms with E-state index in [0.717, 1.165) is 42.3 Å². The monoisotopic (exact) mass is 362 g/mol. The summed E-state index contributed by atoms with van der Waals surface area (Å²) >= 11 is 0. The summed E-state index contributed by atoms with van der Waals surface area (Å²) in [4.78, 5) is 32.3. The van der Waals surface area contributed by atoms with Crippen molar-refractivity contribution in [3.8, 4) is 11.4 Å². The summed E-state index contributed by atoms with van der Waals surface area (Å²) in [5.41, 5.74) is 3.31. The van der Waals surface area contributed by atoms with Crippen LogP contribution in [0.1, 0.15) is 40.6 Å². The minimum atomic E-state index is 0.0270. The minimum Gasteiger partial charge on any atom is -0.338 e. The molecule has 1 aliphatic heterocycles. The van der Waals surface area contributed by atoms with E-state index in [-0.39, 0.29) is 11.8 Å². The van der Waals surface area contributed by atoms with Crippen LogP contribution in [0.15, 0.2) is 43.1 Å². The molecule has 0 bridgehead atoms. The van der Waals surface area contributed by atoms with Crippen molar-refractivity contribution < 1.29 is 4.79 Å². The van der Waals surface area contributed by atoms with E-state index < -0.39 is 0 Å². The Bertz CT molecular complexity index is 952. The molecule has 1 aliphatic rings. The lowest BCUT2D eigenvalue weighted by Gasteiger charge is -2.32. The van der Waals surface area contributed by atoms with Crippen molar-refractivity contribution in [1.82, 2.24) is 29.4 Å². The molecule has 3 aromatic rings. The first-order chi connectivity index (χ1) is 13.1. The molecule has 0 aliphatic carbocycles. The lowest BCUT2D eigenvalue weighted by Crippen LogP contribution is -2.39. The van der Waals surface area contributed by atoms with Gasteiger partial charge in [-0.25, -0.2) is 9.97 Å². The van der Waals surface area contributed by atoms with E-state index in [1.807, 2.05) is 41.9 Å². The van der Waals surface area contributed by atoms with Crippen LogP contribution in [0, 0.1) is 6.92 Å². The van der Waals surface area contributed by atoms with Crippen LogP contribution in [0.3, 0.4) is 0 Å². The second-order valence-electron chi connectivity index (χ2n) is 6.91. The normalized spacial score (nSPS) is 17.1. The molecule has 0 aromatic carbocycles. The number of rotatable bonds is 3. The van der Waals surface area contributed by atoms with Gasteiger partial charge in [-0.15, -0.1) is 0 Å². The quantitative estimate of drug-likeness (QED) is 0.716. The van der Waals surface area contributed by atoms with Crippen LogP contribution in [0.5, 0.6) is 0 Å². The molecule has 7 heteroatoms. The van der Waals surface area contributed by atoms with Crippen LogP contribution in [0.25, 0.3) is 11.4 Å². The highest BCUT2D eigenvalue weighted by Gasteiger charge is 2.27. The number of hydrogen-bond donors (Lipinski definition) is 0. The third-order valence-electron chi connectivity index (χ3n) is 5.17. The Morgan fingerprint density at radius 3 is 2.81 bits per heavy atom. The van der Waals surface area contributed by atoms with E-state index in [0.29, 0.717) is 12.1 Å². The summed E-state index contributed by atoms with van der Waals surface area (Å²) in [6.07, 6.45) is 10.7. The number of imidazole rings is 1. The Balaban J connectivity index is 1.56. The van der Waals surface area contributed by atoms with Gasteiger partial charge in [-0.1, -0.05) is 0 Å². The topological polar surface area (TPSA) is 76.8 Å². The molecule has 4 rings (SSSR count). The number of amides is 1. The molecule has 1 atom stereocenters.